The molecule has 0 bridgehead atoms. The molecular weight excluding hydrogens is 827 g/mol. The highest BCUT2D eigenvalue weighted by Crippen LogP contribution is 2.19. The lowest BCUT2D eigenvalue weighted by Gasteiger charge is -2.27. The number of aliphatic hydroxyl groups is 4. The van der Waals surface area contributed by atoms with E-state index in [1.165, 1.54) is 276 Å². The van der Waals surface area contributed by atoms with Gasteiger partial charge in [0.25, 0.3) is 0 Å². The number of carbonyl (C=O) groups is 1. The third kappa shape index (κ3) is 49.8. The first-order valence-corrected chi connectivity index (χ1v) is 30.6. The van der Waals surface area contributed by atoms with Crippen molar-refractivity contribution in [1.82, 2.24) is 5.32 Å². The summed E-state index contributed by atoms with van der Waals surface area (Å²) in [4.78, 5) is 12.6. The lowest BCUT2D eigenvalue weighted by molar-refractivity contribution is -0.132. The molecule has 0 aromatic rings. The maximum absolute atomic E-state index is 12.6. The Labute approximate surface area is 419 Å². The summed E-state index contributed by atoms with van der Waals surface area (Å²) in [5.74, 6) is -0.580. The van der Waals surface area contributed by atoms with E-state index in [-0.39, 0.29) is 0 Å². The summed E-state index contributed by atoms with van der Waals surface area (Å²) in [6.45, 7) is 4.10. The van der Waals surface area contributed by atoms with E-state index in [0.29, 0.717) is 12.8 Å². The van der Waals surface area contributed by atoms with Gasteiger partial charge in [0.2, 0.25) is 5.91 Å². The summed E-state index contributed by atoms with van der Waals surface area (Å²) in [5, 5.41) is 44.1. The maximum atomic E-state index is 12.6. The van der Waals surface area contributed by atoms with Crippen molar-refractivity contribution in [1.29, 1.82) is 0 Å². The van der Waals surface area contributed by atoms with Crippen molar-refractivity contribution in [2.75, 3.05) is 6.61 Å². The van der Waals surface area contributed by atoms with Gasteiger partial charge in [-0.05, 0) is 38.5 Å². The second kappa shape index (κ2) is 56.0. The van der Waals surface area contributed by atoms with Crippen LogP contribution in [0.4, 0.5) is 0 Å². The predicted octanol–water partition coefficient (Wildman–Crippen LogP) is 18.0. The van der Waals surface area contributed by atoms with Crippen LogP contribution in [0.1, 0.15) is 341 Å². The Hall–Kier alpha value is -0.950. The Balaban J connectivity index is 3.58. The first-order chi connectivity index (χ1) is 33.0. The number of amides is 1. The van der Waals surface area contributed by atoms with Gasteiger partial charge in [-0.1, -0.05) is 315 Å². The zero-order chi connectivity index (χ0) is 48.8. The first kappa shape index (κ1) is 66.0. The molecule has 4 unspecified atom stereocenters. The van der Waals surface area contributed by atoms with Gasteiger partial charge in [0.05, 0.1) is 18.8 Å². The Morgan fingerprint density at radius 3 is 0.866 bits per heavy atom. The van der Waals surface area contributed by atoms with Crippen molar-refractivity contribution >= 4 is 5.91 Å². The molecule has 4 atom stereocenters. The minimum absolute atomic E-state index is 0.369. The van der Waals surface area contributed by atoms with Crippen LogP contribution >= 0.6 is 0 Å². The summed E-state index contributed by atoms with van der Waals surface area (Å²) in [6.07, 6.45) is 67.2. The second-order valence-corrected chi connectivity index (χ2v) is 21.4. The number of unbranched alkanes of at least 4 members (excludes halogenated alkanes) is 46. The number of hydrogen-bond donors (Lipinski definition) is 5. The van der Waals surface area contributed by atoms with Gasteiger partial charge < -0.3 is 25.7 Å². The van der Waals surface area contributed by atoms with Crippen molar-refractivity contribution in [3.8, 4) is 0 Å². The fourth-order valence-electron chi connectivity index (χ4n) is 9.93. The van der Waals surface area contributed by atoms with Crippen molar-refractivity contribution in [3.63, 3.8) is 0 Å². The van der Waals surface area contributed by atoms with Crippen LogP contribution in [0.15, 0.2) is 12.2 Å². The quantitative estimate of drug-likeness (QED) is 0.0308. The Morgan fingerprint density at radius 1 is 0.358 bits per heavy atom. The van der Waals surface area contributed by atoms with Crippen molar-refractivity contribution in [2.24, 2.45) is 0 Å². The molecule has 0 saturated heterocycles. The number of aliphatic hydroxyl groups excluding tert-OH is 4. The van der Waals surface area contributed by atoms with Crippen LogP contribution in [0.25, 0.3) is 0 Å². The van der Waals surface area contributed by atoms with Crippen LogP contribution in [-0.4, -0.2) is 57.3 Å². The van der Waals surface area contributed by atoms with Gasteiger partial charge in [0.1, 0.15) is 12.2 Å². The van der Waals surface area contributed by atoms with E-state index in [9.17, 15) is 25.2 Å². The molecule has 0 radical (unpaired) electrons. The molecule has 0 aliphatic carbocycles. The molecule has 0 aromatic carbocycles. The molecule has 0 spiro atoms. The number of hydrogen-bond acceptors (Lipinski definition) is 5. The fourth-order valence-corrected chi connectivity index (χ4v) is 9.93. The van der Waals surface area contributed by atoms with E-state index in [0.717, 1.165) is 38.5 Å². The number of rotatable bonds is 57. The summed E-state index contributed by atoms with van der Waals surface area (Å²) < 4.78 is 0. The highest BCUT2D eigenvalue weighted by molar-refractivity contribution is 5.80. The molecule has 0 aromatic heterocycles. The first-order valence-electron chi connectivity index (χ1n) is 30.6. The summed E-state index contributed by atoms with van der Waals surface area (Å²) in [7, 11) is 0. The highest BCUT2D eigenvalue weighted by Gasteiger charge is 2.28. The van der Waals surface area contributed by atoms with Crippen molar-refractivity contribution < 1.29 is 25.2 Å². The van der Waals surface area contributed by atoms with Gasteiger partial charge in [-0.15, -0.1) is 0 Å². The van der Waals surface area contributed by atoms with Gasteiger partial charge in [0, 0.05) is 0 Å². The molecule has 6 nitrogen and oxygen atoms in total. The zero-order valence-electron chi connectivity index (χ0n) is 45.4. The average Bonchev–Trinajstić information content (AvgIpc) is 3.33. The molecule has 0 aliphatic rings. The maximum Gasteiger partial charge on any atom is 0.249 e. The molecule has 0 heterocycles. The smallest absolute Gasteiger partial charge is 0.249 e. The van der Waals surface area contributed by atoms with Crippen LogP contribution in [0.3, 0.4) is 0 Å². The van der Waals surface area contributed by atoms with Gasteiger partial charge >= 0.3 is 0 Å². The third-order valence-electron chi connectivity index (χ3n) is 14.7. The largest absolute Gasteiger partial charge is 0.394 e. The summed E-state index contributed by atoms with van der Waals surface area (Å²) in [6, 6.07) is -0.985. The van der Waals surface area contributed by atoms with Crippen LogP contribution < -0.4 is 5.32 Å². The predicted molar refractivity (Wildman–Crippen MR) is 293 cm³/mol. The van der Waals surface area contributed by atoms with E-state index in [2.05, 4.69) is 31.3 Å². The monoisotopic (exact) mass is 948 g/mol. The molecule has 0 fully saturated rings. The zero-order valence-corrected chi connectivity index (χ0v) is 45.4. The second-order valence-electron chi connectivity index (χ2n) is 21.4. The molecule has 400 valence electrons. The van der Waals surface area contributed by atoms with Gasteiger partial charge in [-0.2, -0.15) is 0 Å². The normalized spacial score (nSPS) is 13.7. The van der Waals surface area contributed by atoms with E-state index < -0.39 is 36.9 Å². The molecule has 5 N–H and O–H groups in total. The Kier molecular flexibility index (Phi) is 55.2. The molecular formula is C61H121NO5. The van der Waals surface area contributed by atoms with Crippen molar-refractivity contribution in [2.45, 2.75) is 366 Å². The lowest BCUT2D eigenvalue weighted by Crippen LogP contribution is -2.53. The minimum atomic E-state index is -1.26. The lowest BCUT2D eigenvalue weighted by atomic mass is 9.99. The van der Waals surface area contributed by atoms with Crippen LogP contribution in [-0.2, 0) is 4.79 Å². The molecule has 0 saturated carbocycles. The molecule has 1 amide bonds. The Bertz CT molecular complexity index is 975. The van der Waals surface area contributed by atoms with Gasteiger partial charge in [-0.25, -0.2) is 0 Å². The Morgan fingerprint density at radius 2 is 0.597 bits per heavy atom. The molecule has 67 heavy (non-hydrogen) atoms. The fraction of sp³-hybridized carbons (Fsp3) is 0.951. The molecule has 0 rings (SSSR count). The summed E-state index contributed by atoms with van der Waals surface area (Å²) >= 11 is 0. The molecule has 0 aliphatic heterocycles. The number of nitrogens with one attached hydrogen (secondary N) is 1. The number of carbonyl (C=O) groups excluding carboxylic acids is 1. The topological polar surface area (TPSA) is 110 Å². The van der Waals surface area contributed by atoms with E-state index in [1.807, 2.05) is 0 Å². The minimum Gasteiger partial charge on any atom is -0.394 e. The van der Waals surface area contributed by atoms with E-state index >= 15 is 0 Å². The molecule has 6 heteroatoms. The number of allylic oxidation sites excluding steroid dienone is 2. The van der Waals surface area contributed by atoms with E-state index in [4.69, 9.17) is 0 Å². The van der Waals surface area contributed by atoms with Gasteiger partial charge in [-0.3, -0.25) is 4.79 Å². The van der Waals surface area contributed by atoms with Crippen LogP contribution in [0.5, 0.6) is 0 Å². The van der Waals surface area contributed by atoms with E-state index in [1.54, 1.807) is 0 Å². The standard InChI is InChI=1S/C61H121NO5/c1-3-5-7-9-11-13-15-17-19-21-23-25-27-29-30-31-33-34-36-38-40-42-44-46-48-50-52-54-58(64)60(66)57(56-63)62-61(67)59(65)55-53-51-49-47-45-43-41-39-37-35-32-28-26-24-22-20-18-16-14-12-10-8-6-4-2/h32,35,57-60,63-66H,3-31,33-34,36-56H2,1-2H3,(H,62,67)/b35-32-. The average molecular weight is 949 g/mol. The van der Waals surface area contributed by atoms with Gasteiger partial charge in [0.15, 0.2) is 0 Å². The highest BCUT2D eigenvalue weighted by atomic mass is 16.3. The SMILES string of the molecule is CCCCCCCCCCCCCC/C=C\CCCCCCCCCCC(O)C(=O)NC(CO)C(O)C(O)CCCCCCCCCCCCCCCCCCCCCCCCCCCCC. The van der Waals surface area contributed by atoms with Crippen LogP contribution in [0.2, 0.25) is 0 Å². The summed E-state index contributed by atoms with van der Waals surface area (Å²) in [5.41, 5.74) is 0. The third-order valence-corrected chi connectivity index (χ3v) is 14.7. The van der Waals surface area contributed by atoms with Crippen LogP contribution in [0, 0.1) is 0 Å². The van der Waals surface area contributed by atoms with Crippen molar-refractivity contribution in [3.05, 3.63) is 12.2 Å².